The maximum absolute atomic E-state index is 10.3. The van der Waals surface area contributed by atoms with Crippen LogP contribution in [-0.2, 0) is 14.4 Å². The molecular weight excluding hydrogens is 432 g/mol. The lowest BCUT2D eigenvalue weighted by atomic mass is 10.1. The molecule has 0 unspecified atom stereocenters. The van der Waals surface area contributed by atoms with E-state index in [0.717, 1.165) is 32.6 Å². The van der Waals surface area contributed by atoms with E-state index < -0.39 is 17.9 Å². The standard InChI is InChI=1S/C14H28O2.C12H24O2.C2H4O2/c1-2-3-4-5-6-7-8-9-10-11-12-13-14(15)16;1-2-3-4-5-6-7-8-9-10-11-12(13)14;1-2(3)4/h2-13H2,1H3,(H,15,16);2-11H2,1H3,(H,13,14);1H3,(H,3,4). The lowest BCUT2D eigenvalue weighted by Gasteiger charge is -2.01. The topological polar surface area (TPSA) is 112 Å². The lowest BCUT2D eigenvalue weighted by Crippen LogP contribution is -1.93. The van der Waals surface area contributed by atoms with Gasteiger partial charge in [-0.05, 0) is 12.8 Å². The van der Waals surface area contributed by atoms with Crippen LogP contribution in [0.3, 0.4) is 0 Å². The normalized spacial score (nSPS) is 9.97. The van der Waals surface area contributed by atoms with Crippen LogP contribution in [0.5, 0.6) is 0 Å². The fourth-order valence-corrected chi connectivity index (χ4v) is 3.53. The van der Waals surface area contributed by atoms with Gasteiger partial charge in [-0.1, -0.05) is 129 Å². The van der Waals surface area contributed by atoms with Gasteiger partial charge >= 0.3 is 11.9 Å². The number of rotatable bonds is 22. The summed E-state index contributed by atoms with van der Waals surface area (Å²) in [5, 5.41) is 24.3. The van der Waals surface area contributed by atoms with Crippen molar-refractivity contribution in [1.29, 1.82) is 0 Å². The number of carboxylic acids is 3. The summed E-state index contributed by atoms with van der Waals surface area (Å²) >= 11 is 0. The Morgan fingerprint density at radius 1 is 0.412 bits per heavy atom. The Hall–Kier alpha value is -1.59. The van der Waals surface area contributed by atoms with Crippen molar-refractivity contribution < 1.29 is 29.7 Å². The van der Waals surface area contributed by atoms with Crippen LogP contribution in [0.25, 0.3) is 0 Å². The lowest BCUT2D eigenvalue weighted by molar-refractivity contribution is -0.138. The molecule has 0 bridgehead atoms. The van der Waals surface area contributed by atoms with E-state index in [1.807, 2.05) is 0 Å². The first-order chi connectivity index (χ1) is 16.3. The summed E-state index contributed by atoms with van der Waals surface area (Å²) < 4.78 is 0. The number of hydrogen-bond acceptors (Lipinski definition) is 3. The van der Waals surface area contributed by atoms with Gasteiger partial charge in [-0.3, -0.25) is 14.4 Å². The van der Waals surface area contributed by atoms with Crippen molar-refractivity contribution in [3.05, 3.63) is 0 Å². The van der Waals surface area contributed by atoms with E-state index in [-0.39, 0.29) is 0 Å². The van der Waals surface area contributed by atoms with Crippen molar-refractivity contribution >= 4 is 17.9 Å². The second kappa shape index (κ2) is 33.6. The molecule has 0 amide bonds. The molecule has 0 saturated carbocycles. The van der Waals surface area contributed by atoms with Crippen LogP contribution in [0.2, 0.25) is 0 Å². The van der Waals surface area contributed by atoms with Gasteiger partial charge in [0.15, 0.2) is 0 Å². The fourth-order valence-electron chi connectivity index (χ4n) is 3.53. The molecule has 0 rings (SSSR count). The van der Waals surface area contributed by atoms with Gasteiger partial charge in [0.05, 0.1) is 0 Å². The minimum atomic E-state index is -0.833. The molecule has 0 radical (unpaired) electrons. The quantitative estimate of drug-likeness (QED) is 0.131. The SMILES string of the molecule is CC(=O)O.CCCCCCCCCCCC(=O)O.CCCCCCCCCCCCCC(=O)O. The predicted molar refractivity (Wildman–Crippen MR) is 142 cm³/mol. The highest BCUT2D eigenvalue weighted by Gasteiger charge is 1.97. The molecule has 0 aliphatic rings. The van der Waals surface area contributed by atoms with Gasteiger partial charge in [-0.15, -0.1) is 0 Å². The average molecular weight is 489 g/mol. The Morgan fingerprint density at radius 2 is 0.588 bits per heavy atom. The molecule has 0 fully saturated rings. The molecule has 0 atom stereocenters. The molecular formula is C28H56O6. The summed E-state index contributed by atoms with van der Waals surface area (Å²) in [4.78, 5) is 29.5. The Labute approximate surface area is 209 Å². The van der Waals surface area contributed by atoms with Crippen LogP contribution in [0, 0.1) is 0 Å². The van der Waals surface area contributed by atoms with E-state index in [1.165, 1.54) is 103 Å². The summed E-state index contributed by atoms with van der Waals surface area (Å²) in [7, 11) is 0. The number of hydrogen-bond donors (Lipinski definition) is 3. The number of carboxylic acid groups (broad SMARTS) is 3. The van der Waals surface area contributed by atoms with Gasteiger partial charge in [0.1, 0.15) is 0 Å². The first kappa shape index (κ1) is 37.0. The highest BCUT2D eigenvalue weighted by molar-refractivity contribution is 5.66. The zero-order chi connectivity index (χ0) is 26.3. The molecule has 0 spiro atoms. The Morgan fingerprint density at radius 3 is 0.765 bits per heavy atom. The maximum atomic E-state index is 10.3. The van der Waals surface area contributed by atoms with Gasteiger partial charge in [0, 0.05) is 19.8 Å². The minimum Gasteiger partial charge on any atom is -0.481 e. The largest absolute Gasteiger partial charge is 0.481 e. The minimum absolute atomic E-state index is 0.343. The fraction of sp³-hybridized carbons (Fsp3) is 0.893. The van der Waals surface area contributed by atoms with Crippen LogP contribution in [-0.4, -0.2) is 33.2 Å². The van der Waals surface area contributed by atoms with Crippen LogP contribution in [0.1, 0.15) is 162 Å². The molecule has 0 aromatic carbocycles. The monoisotopic (exact) mass is 488 g/mol. The van der Waals surface area contributed by atoms with Crippen molar-refractivity contribution in [2.45, 2.75) is 162 Å². The van der Waals surface area contributed by atoms with Crippen LogP contribution in [0.15, 0.2) is 0 Å². The van der Waals surface area contributed by atoms with E-state index in [4.69, 9.17) is 20.1 Å². The zero-order valence-electron chi connectivity index (χ0n) is 22.6. The molecule has 6 nitrogen and oxygen atoms in total. The summed E-state index contributed by atoms with van der Waals surface area (Å²) in [5.74, 6) is -2.15. The van der Waals surface area contributed by atoms with Gasteiger partial charge in [0.2, 0.25) is 0 Å². The Bertz CT molecular complexity index is 433. The zero-order valence-corrected chi connectivity index (χ0v) is 22.6. The second-order valence-electron chi connectivity index (χ2n) is 9.17. The molecule has 3 N–H and O–H groups in total. The molecule has 0 aromatic heterocycles. The van der Waals surface area contributed by atoms with Gasteiger partial charge in [0.25, 0.3) is 5.97 Å². The van der Waals surface area contributed by atoms with Gasteiger partial charge in [-0.2, -0.15) is 0 Å². The highest BCUT2D eigenvalue weighted by atomic mass is 16.4. The predicted octanol–water partition coefficient (Wildman–Crippen LogP) is 8.85. The van der Waals surface area contributed by atoms with Crippen LogP contribution >= 0.6 is 0 Å². The average Bonchev–Trinajstić information content (AvgIpc) is 2.76. The third-order valence-electron chi connectivity index (χ3n) is 5.49. The summed E-state index contributed by atoms with van der Waals surface area (Å²) in [6.45, 7) is 5.56. The number of aliphatic carboxylic acids is 3. The third-order valence-corrected chi connectivity index (χ3v) is 5.49. The Balaban J connectivity index is -0.000000491. The van der Waals surface area contributed by atoms with Crippen molar-refractivity contribution in [3.8, 4) is 0 Å². The van der Waals surface area contributed by atoms with Crippen LogP contribution in [0.4, 0.5) is 0 Å². The second-order valence-corrected chi connectivity index (χ2v) is 9.17. The first-order valence-electron chi connectivity index (χ1n) is 13.9. The summed E-state index contributed by atoms with van der Waals surface area (Å²) in [5.41, 5.74) is 0. The third kappa shape index (κ3) is 52.4. The molecule has 6 heteroatoms. The molecule has 0 saturated heterocycles. The van der Waals surface area contributed by atoms with E-state index >= 15 is 0 Å². The molecule has 0 heterocycles. The van der Waals surface area contributed by atoms with Crippen LogP contribution < -0.4 is 0 Å². The van der Waals surface area contributed by atoms with Crippen molar-refractivity contribution in [2.75, 3.05) is 0 Å². The van der Waals surface area contributed by atoms with Crippen molar-refractivity contribution in [3.63, 3.8) is 0 Å². The number of unbranched alkanes of at least 4 members (excludes halogenated alkanes) is 18. The van der Waals surface area contributed by atoms with E-state index in [2.05, 4.69) is 13.8 Å². The van der Waals surface area contributed by atoms with E-state index in [0.29, 0.717) is 12.8 Å². The molecule has 0 aliphatic carbocycles. The van der Waals surface area contributed by atoms with Gasteiger partial charge < -0.3 is 15.3 Å². The molecule has 204 valence electrons. The highest BCUT2D eigenvalue weighted by Crippen LogP contribution is 2.12. The van der Waals surface area contributed by atoms with Crippen molar-refractivity contribution in [2.24, 2.45) is 0 Å². The van der Waals surface area contributed by atoms with Crippen molar-refractivity contribution in [1.82, 2.24) is 0 Å². The maximum Gasteiger partial charge on any atom is 0.303 e. The van der Waals surface area contributed by atoms with E-state index in [1.54, 1.807) is 0 Å². The summed E-state index contributed by atoms with van der Waals surface area (Å²) in [6.07, 6.45) is 25.8. The molecule has 0 aromatic rings. The van der Waals surface area contributed by atoms with Gasteiger partial charge in [-0.25, -0.2) is 0 Å². The first-order valence-corrected chi connectivity index (χ1v) is 13.9. The molecule has 0 aliphatic heterocycles. The Kier molecular flexibility index (Phi) is 36.5. The van der Waals surface area contributed by atoms with E-state index in [9.17, 15) is 9.59 Å². The molecule has 34 heavy (non-hydrogen) atoms. The number of carbonyl (C=O) groups is 3. The summed E-state index contributed by atoms with van der Waals surface area (Å²) in [6, 6.07) is 0. The smallest absolute Gasteiger partial charge is 0.303 e.